The zero-order valence-electron chi connectivity index (χ0n) is 11.2. The minimum absolute atomic E-state index is 0.0352. The lowest BCUT2D eigenvalue weighted by Crippen LogP contribution is -2.40. The fourth-order valence-electron chi connectivity index (χ4n) is 2.54. The Hall–Kier alpha value is -0.410. The van der Waals surface area contributed by atoms with Crippen LogP contribution in [-0.2, 0) is 9.53 Å². The number of hydrogen-bond acceptors (Lipinski definition) is 3. The summed E-state index contributed by atoms with van der Waals surface area (Å²) in [6, 6.07) is 0. The minimum atomic E-state index is -0.873. The standard InChI is InChI=1S/C13H24O3/c1-8(2)10(14)11(15)9-7-12(3,4)16-13(9,5)6/h8-10,14H,7H2,1-6H3. The smallest absolute Gasteiger partial charge is 0.167 e. The van der Waals surface area contributed by atoms with Gasteiger partial charge in [0.25, 0.3) is 0 Å². The lowest BCUT2D eigenvalue weighted by Gasteiger charge is -2.28. The van der Waals surface area contributed by atoms with Gasteiger partial charge in [0, 0.05) is 0 Å². The maximum Gasteiger partial charge on any atom is 0.167 e. The van der Waals surface area contributed by atoms with Gasteiger partial charge in [-0.05, 0) is 40.0 Å². The molecular weight excluding hydrogens is 204 g/mol. The number of aliphatic hydroxyl groups excluding tert-OH is 1. The van der Waals surface area contributed by atoms with Gasteiger partial charge in [-0.2, -0.15) is 0 Å². The van der Waals surface area contributed by atoms with Gasteiger partial charge in [0.2, 0.25) is 0 Å². The Morgan fingerprint density at radius 2 is 1.81 bits per heavy atom. The van der Waals surface area contributed by atoms with Crippen LogP contribution in [0, 0.1) is 11.8 Å². The molecule has 0 aliphatic carbocycles. The van der Waals surface area contributed by atoms with Crippen LogP contribution in [0.3, 0.4) is 0 Å². The number of ketones is 1. The Morgan fingerprint density at radius 3 is 2.12 bits per heavy atom. The summed E-state index contributed by atoms with van der Waals surface area (Å²) in [6.07, 6.45) is -0.190. The first-order valence-corrected chi connectivity index (χ1v) is 5.99. The van der Waals surface area contributed by atoms with Crippen molar-refractivity contribution in [2.45, 2.75) is 65.3 Å². The molecule has 1 rings (SSSR count). The van der Waals surface area contributed by atoms with Crippen LogP contribution in [0.4, 0.5) is 0 Å². The molecule has 0 aromatic heterocycles. The third kappa shape index (κ3) is 2.64. The molecule has 1 aliphatic rings. The maximum absolute atomic E-state index is 12.2. The van der Waals surface area contributed by atoms with Gasteiger partial charge in [-0.3, -0.25) is 4.79 Å². The third-order valence-electron chi connectivity index (χ3n) is 3.34. The first-order chi connectivity index (χ1) is 7.07. The second kappa shape index (κ2) is 4.11. The summed E-state index contributed by atoms with van der Waals surface area (Å²) in [5.74, 6) is -0.322. The largest absolute Gasteiger partial charge is 0.385 e. The Balaban J connectivity index is 2.85. The van der Waals surface area contributed by atoms with E-state index in [-0.39, 0.29) is 23.2 Å². The second-order valence-corrected chi connectivity index (χ2v) is 6.31. The van der Waals surface area contributed by atoms with Crippen molar-refractivity contribution in [3.8, 4) is 0 Å². The number of hydrogen-bond donors (Lipinski definition) is 1. The fourth-order valence-corrected chi connectivity index (χ4v) is 2.54. The summed E-state index contributed by atoms with van der Waals surface area (Å²) < 4.78 is 5.87. The van der Waals surface area contributed by atoms with E-state index in [1.165, 1.54) is 0 Å². The molecule has 1 N–H and O–H groups in total. The number of ether oxygens (including phenoxy) is 1. The van der Waals surface area contributed by atoms with Crippen LogP contribution in [-0.4, -0.2) is 28.2 Å². The molecule has 2 atom stereocenters. The summed E-state index contributed by atoms with van der Waals surface area (Å²) in [5, 5.41) is 9.85. The highest BCUT2D eigenvalue weighted by Gasteiger charge is 2.50. The van der Waals surface area contributed by atoms with E-state index in [1.807, 2.05) is 41.5 Å². The van der Waals surface area contributed by atoms with Crippen LogP contribution < -0.4 is 0 Å². The summed E-state index contributed by atoms with van der Waals surface area (Å²) in [5.41, 5.74) is -0.753. The van der Waals surface area contributed by atoms with Crippen molar-refractivity contribution < 1.29 is 14.6 Å². The Morgan fingerprint density at radius 1 is 1.31 bits per heavy atom. The van der Waals surface area contributed by atoms with Gasteiger partial charge in [-0.1, -0.05) is 13.8 Å². The van der Waals surface area contributed by atoms with Crippen molar-refractivity contribution in [3.05, 3.63) is 0 Å². The lowest BCUT2D eigenvalue weighted by atomic mass is 9.80. The van der Waals surface area contributed by atoms with Crippen molar-refractivity contribution >= 4 is 5.78 Å². The summed E-state index contributed by atoms with van der Waals surface area (Å²) in [4.78, 5) is 12.2. The Bertz CT molecular complexity index is 279. The van der Waals surface area contributed by atoms with Crippen molar-refractivity contribution in [1.29, 1.82) is 0 Å². The van der Waals surface area contributed by atoms with Crippen LogP contribution in [0.1, 0.15) is 48.0 Å². The molecule has 1 aliphatic heterocycles. The molecule has 94 valence electrons. The number of carbonyl (C=O) groups is 1. The predicted octanol–water partition coefficient (Wildman–Crippen LogP) is 2.17. The highest BCUT2D eigenvalue weighted by Crippen LogP contribution is 2.43. The predicted molar refractivity (Wildman–Crippen MR) is 63.2 cm³/mol. The average Bonchev–Trinajstić information content (AvgIpc) is 2.31. The molecule has 1 saturated heterocycles. The summed E-state index contributed by atoms with van der Waals surface area (Å²) in [7, 11) is 0. The van der Waals surface area contributed by atoms with Crippen LogP contribution in [0.5, 0.6) is 0 Å². The number of aliphatic hydroxyl groups is 1. The highest BCUT2D eigenvalue weighted by atomic mass is 16.5. The molecule has 0 amide bonds. The van der Waals surface area contributed by atoms with Crippen molar-refractivity contribution in [1.82, 2.24) is 0 Å². The van der Waals surface area contributed by atoms with E-state index in [9.17, 15) is 9.90 Å². The van der Waals surface area contributed by atoms with E-state index < -0.39 is 11.7 Å². The molecule has 0 aromatic rings. The van der Waals surface area contributed by atoms with E-state index in [2.05, 4.69) is 0 Å². The van der Waals surface area contributed by atoms with Gasteiger partial charge in [0.15, 0.2) is 5.78 Å². The minimum Gasteiger partial charge on any atom is -0.385 e. The zero-order chi connectivity index (χ0) is 12.7. The highest BCUT2D eigenvalue weighted by molar-refractivity contribution is 5.86. The Labute approximate surface area is 98.2 Å². The number of carbonyl (C=O) groups excluding carboxylic acids is 1. The Kier molecular flexibility index (Phi) is 3.51. The maximum atomic E-state index is 12.2. The zero-order valence-corrected chi connectivity index (χ0v) is 11.2. The van der Waals surface area contributed by atoms with Crippen molar-refractivity contribution in [2.75, 3.05) is 0 Å². The summed E-state index contributed by atoms with van der Waals surface area (Å²) >= 11 is 0. The monoisotopic (exact) mass is 228 g/mol. The molecule has 0 saturated carbocycles. The molecule has 0 aromatic carbocycles. The molecule has 0 bridgehead atoms. The SMILES string of the molecule is CC(C)C(O)C(=O)C1CC(C)(C)OC1(C)C. The number of rotatable bonds is 3. The van der Waals surface area contributed by atoms with Gasteiger partial charge >= 0.3 is 0 Å². The van der Waals surface area contributed by atoms with Crippen LogP contribution in [0.2, 0.25) is 0 Å². The van der Waals surface area contributed by atoms with Gasteiger partial charge in [-0.15, -0.1) is 0 Å². The first-order valence-electron chi connectivity index (χ1n) is 5.99. The molecule has 1 heterocycles. The van der Waals surface area contributed by atoms with E-state index in [0.29, 0.717) is 6.42 Å². The van der Waals surface area contributed by atoms with Crippen LogP contribution >= 0.6 is 0 Å². The fraction of sp³-hybridized carbons (Fsp3) is 0.923. The van der Waals surface area contributed by atoms with E-state index in [4.69, 9.17) is 4.74 Å². The quantitative estimate of drug-likeness (QED) is 0.805. The molecule has 1 fully saturated rings. The normalized spacial score (nSPS) is 29.4. The van der Waals surface area contributed by atoms with Gasteiger partial charge in [-0.25, -0.2) is 0 Å². The average molecular weight is 228 g/mol. The first kappa shape index (κ1) is 13.7. The second-order valence-electron chi connectivity index (χ2n) is 6.31. The van der Waals surface area contributed by atoms with Crippen LogP contribution in [0.25, 0.3) is 0 Å². The molecular formula is C13H24O3. The lowest BCUT2D eigenvalue weighted by molar-refractivity contribution is -0.139. The molecule has 16 heavy (non-hydrogen) atoms. The van der Waals surface area contributed by atoms with Crippen LogP contribution in [0.15, 0.2) is 0 Å². The molecule has 0 spiro atoms. The molecule has 3 nitrogen and oxygen atoms in total. The third-order valence-corrected chi connectivity index (χ3v) is 3.34. The molecule has 0 radical (unpaired) electrons. The number of Topliss-reactive ketones (excluding diaryl/α,β-unsaturated/α-hetero) is 1. The van der Waals surface area contributed by atoms with E-state index >= 15 is 0 Å². The van der Waals surface area contributed by atoms with E-state index in [1.54, 1.807) is 0 Å². The van der Waals surface area contributed by atoms with Gasteiger partial charge in [0.1, 0.15) is 6.10 Å². The topological polar surface area (TPSA) is 46.5 Å². The summed E-state index contributed by atoms with van der Waals surface area (Å²) in [6.45, 7) is 11.6. The van der Waals surface area contributed by atoms with Gasteiger partial charge in [0.05, 0.1) is 17.1 Å². The van der Waals surface area contributed by atoms with E-state index in [0.717, 1.165) is 0 Å². The molecule has 3 heteroatoms. The van der Waals surface area contributed by atoms with Crippen molar-refractivity contribution in [3.63, 3.8) is 0 Å². The van der Waals surface area contributed by atoms with Crippen molar-refractivity contribution in [2.24, 2.45) is 11.8 Å². The van der Waals surface area contributed by atoms with Gasteiger partial charge < -0.3 is 9.84 Å². The molecule has 2 unspecified atom stereocenters.